The van der Waals surface area contributed by atoms with Crippen LogP contribution in [-0.2, 0) is 4.79 Å². The van der Waals surface area contributed by atoms with Crippen LogP contribution >= 0.6 is 0 Å². The van der Waals surface area contributed by atoms with Crippen LogP contribution in [0.4, 0.5) is 5.82 Å². The molecule has 0 atom stereocenters. The van der Waals surface area contributed by atoms with Gasteiger partial charge in [-0.2, -0.15) is 0 Å². The average Bonchev–Trinajstić information content (AvgIpc) is 3.08. The SMILES string of the molecule is Cc1nnc2c(N3CCN(C(=O)/C=C\c4cccnc4)CC3)nccn12. The second kappa shape index (κ2) is 6.91. The van der Waals surface area contributed by atoms with E-state index >= 15 is 0 Å². The quantitative estimate of drug-likeness (QED) is 0.661. The van der Waals surface area contributed by atoms with E-state index in [0.717, 1.165) is 22.9 Å². The molecule has 0 radical (unpaired) electrons. The van der Waals surface area contributed by atoms with Gasteiger partial charge < -0.3 is 9.80 Å². The highest BCUT2D eigenvalue weighted by Gasteiger charge is 2.23. The molecule has 0 unspecified atom stereocenters. The molecule has 4 heterocycles. The topological polar surface area (TPSA) is 79.5 Å². The molecule has 4 rings (SSSR count). The summed E-state index contributed by atoms with van der Waals surface area (Å²) in [7, 11) is 0. The zero-order valence-electron chi connectivity index (χ0n) is 14.5. The molecule has 8 heteroatoms. The normalized spacial score (nSPS) is 15.1. The fourth-order valence-electron chi connectivity index (χ4n) is 3.04. The Kier molecular flexibility index (Phi) is 4.30. The van der Waals surface area contributed by atoms with Gasteiger partial charge in [-0.05, 0) is 24.6 Å². The molecule has 1 fully saturated rings. The number of fused-ring (bicyclic) bond motifs is 1. The minimum Gasteiger partial charge on any atom is -0.350 e. The minimum absolute atomic E-state index is 0.0120. The van der Waals surface area contributed by atoms with E-state index in [2.05, 4.69) is 25.1 Å². The third kappa shape index (κ3) is 3.13. The third-order valence-corrected chi connectivity index (χ3v) is 4.47. The molecule has 1 amide bonds. The van der Waals surface area contributed by atoms with Crippen LogP contribution in [0.3, 0.4) is 0 Å². The van der Waals surface area contributed by atoms with Crippen molar-refractivity contribution in [2.45, 2.75) is 6.92 Å². The largest absolute Gasteiger partial charge is 0.350 e. The summed E-state index contributed by atoms with van der Waals surface area (Å²) in [5.74, 6) is 1.65. The lowest BCUT2D eigenvalue weighted by atomic mass is 10.2. The molecule has 3 aromatic heterocycles. The number of piperazine rings is 1. The van der Waals surface area contributed by atoms with E-state index in [-0.39, 0.29) is 5.91 Å². The van der Waals surface area contributed by atoms with Crippen molar-refractivity contribution < 1.29 is 4.79 Å². The number of amides is 1. The number of pyridine rings is 1. The Morgan fingerprint density at radius 1 is 1.15 bits per heavy atom. The van der Waals surface area contributed by atoms with Crippen LogP contribution in [-0.4, -0.2) is 61.6 Å². The second-order valence-corrected chi connectivity index (χ2v) is 6.12. The molecule has 1 aliphatic heterocycles. The van der Waals surface area contributed by atoms with Crippen LogP contribution in [0.1, 0.15) is 11.4 Å². The predicted molar refractivity (Wildman–Crippen MR) is 97.6 cm³/mol. The summed E-state index contributed by atoms with van der Waals surface area (Å²) in [6, 6.07) is 3.77. The van der Waals surface area contributed by atoms with E-state index in [9.17, 15) is 4.79 Å². The van der Waals surface area contributed by atoms with E-state index < -0.39 is 0 Å². The fraction of sp³-hybridized carbons (Fsp3) is 0.278. The Morgan fingerprint density at radius 2 is 2.00 bits per heavy atom. The monoisotopic (exact) mass is 349 g/mol. The maximum atomic E-state index is 12.4. The minimum atomic E-state index is 0.0120. The maximum absolute atomic E-state index is 12.4. The summed E-state index contributed by atoms with van der Waals surface area (Å²) < 4.78 is 1.93. The number of nitrogens with zero attached hydrogens (tertiary/aromatic N) is 7. The summed E-state index contributed by atoms with van der Waals surface area (Å²) in [5, 5.41) is 8.34. The molecule has 1 aliphatic rings. The van der Waals surface area contributed by atoms with Gasteiger partial charge in [-0.25, -0.2) is 4.98 Å². The summed E-state index contributed by atoms with van der Waals surface area (Å²) in [4.78, 5) is 24.9. The first-order valence-electron chi connectivity index (χ1n) is 8.51. The van der Waals surface area contributed by atoms with E-state index in [1.54, 1.807) is 30.7 Å². The van der Waals surface area contributed by atoms with Crippen molar-refractivity contribution in [3.05, 3.63) is 54.4 Å². The molecule has 0 bridgehead atoms. The van der Waals surface area contributed by atoms with E-state index in [0.29, 0.717) is 26.2 Å². The molecule has 0 N–H and O–H groups in total. The first kappa shape index (κ1) is 16.2. The Labute approximate surface area is 150 Å². The van der Waals surface area contributed by atoms with Gasteiger partial charge in [0, 0.05) is 57.0 Å². The van der Waals surface area contributed by atoms with E-state index in [4.69, 9.17) is 0 Å². The molecule has 0 aromatic carbocycles. The number of rotatable bonds is 3. The molecule has 26 heavy (non-hydrogen) atoms. The van der Waals surface area contributed by atoms with E-state index in [1.807, 2.05) is 34.6 Å². The van der Waals surface area contributed by atoms with Crippen molar-refractivity contribution in [3.63, 3.8) is 0 Å². The van der Waals surface area contributed by atoms with Crippen molar-refractivity contribution in [2.75, 3.05) is 31.1 Å². The molecule has 0 spiro atoms. The van der Waals surface area contributed by atoms with Gasteiger partial charge >= 0.3 is 0 Å². The Bertz CT molecular complexity index is 943. The van der Waals surface area contributed by atoms with Gasteiger partial charge in [-0.15, -0.1) is 10.2 Å². The van der Waals surface area contributed by atoms with Crippen molar-refractivity contribution in [1.82, 2.24) is 29.5 Å². The highest BCUT2D eigenvalue weighted by molar-refractivity contribution is 5.91. The number of aromatic nitrogens is 5. The van der Waals surface area contributed by atoms with Crippen LogP contribution in [0, 0.1) is 6.92 Å². The van der Waals surface area contributed by atoms with Crippen LogP contribution in [0.2, 0.25) is 0 Å². The Morgan fingerprint density at radius 3 is 2.77 bits per heavy atom. The van der Waals surface area contributed by atoms with Gasteiger partial charge in [0.1, 0.15) is 5.82 Å². The lowest BCUT2D eigenvalue weighted by Crippen LogP contribution is -2.48. The zero-order valence-corrected chi connectivity index (χ0v) is 14.5. The van der Waals surface area contributed by atoms with Crippen molar-refractivity contribution >= 4 is 23.4 Å². The molecular weight excluding hydrogens is 330 g/mol. The fourth-order valence-corrected chi connectivity index (χ4v) is 3.04. The number of carbonyl (C=O) groups excluding carboxylic acids is 1. The lowest BCUT2D eigenvalue weighted by Gasteiger charge is -2.34. The van der Waals surface area contributed by atoms with Gasteiger partial charge in [-0.1, -0.05) is 6.07 Å². The van der Waals surface area contributed by atoms with Crippen LogP contribution < -0.4 is 4.90 Å². The van der Waals surface area contributed by atoms with Gasteiger partial charge in [0.2, 0.25) is 11.6 Å². The molecule has 1 saturated heterocycles. The molecule has 0 saturated carbocycles. The van der Waals surface area contributed by atoms with Gasteiger partial charge in [0.25, 0.3) is 0 Å². The summed E-state index contributed by atoms with van der Waals surface area (Å²) in [6.07, 6.45) is 10.5. The molecular formula is C18H19N7O. The average molecular weight is 349 g/mol. The molecule has 3 aromatic rings. The molecule has 0 aliphatic carbocycles. The Hall–Kier alpha value is -3.29. The standard InChI is InChI=1S/C18H19N7O/c1-14-21-22-18-17(20-7-8-25(14)18)24-11-9-23(10-12-24)16(26)5-4-15-3-2-6-19-13-15/h2-8,13H,9-12H2,1H3/b5-4-. The van der Waals surface area contributed by atoms with Crippen molar-refractivity contribution in [3.8, 4) is 0 Å². The van der Waals surface area contributed by atoms with Crippen LogP contribution in [0.25, 0.3) is 11.7 Å². The zero-order chi connectivity index (χ0) is 17.9. The number of aryl methyl sites for hydroxylation is 1. The number of hydrogen-bond acceptors (Lipinski definition) is 6. The number of carbonyl (C=O) groups is 1. The Balaban J connectivity index is 1.42. The third-order valence-electron chi connectivity index (χ3n) is 4.47. The number of anilines is 1. The second-order valence-electron chi connectivity index (χ2n) is 6.12. The van der Waals surface area contributed by atoms with Gasteiger partial charge in [0.05, 0.1) is 0 Å². The van der Waals surface area contributed by atoms with Crippen molar-refractivity contribution in [1.29, 1.82) is 0 Å². The maximum Gasteiger partial charge on any atom is 0.246 e. The highest BCUT2D eigenvalue weighted by atomic mass is 16.2. The lowest BCUT2D eigenvalue weighted by molar-refractivity contribution is -0.126. The highest BCUT2D eigenvalue weighted by Crippen LogP contribution is 2.19. The van der Waals surface area contributed by atoms with Crippen LogP contribution in [0.5, 0.6) is 0 Å². The smallest absolute Gasteiger partial charge is 0.246 e. The molecule has 8 nitrogen and oxygen atoms in total. The first-order chi connectivity index (χ1) is 12.7. The van der Waals surface area contributed by atoms with Gasteiger partial charge in [0.15, 0.2) is 5.82 Å². The first-order valence-corrected chi connectivity index (χ1v) is 8.51. The van der Waals surface area contributed by atoms with Crippen LogP contribution in [0.15, 0.2) is 43.0 Å². The molecule has 132 valence electrons. The van der Waals surface area contributed by atoms with E-state index in [1.165, 1.54) is 0 Å². The predicted octanol–water partition coefficient (Wildman–Crippen LogP) is 1.19. The summed E-state index contributed by atoms with van der Waals surface area (Å²) in [5.41, 5.74) is 1.67. The number of hydrogen-bond donors (Lipinski definition) is 0. The van der Waals surface area contributed by atoms with Crippen molar-refractivity contribution in [2.24, 2.45) is 0 Å². The van der Waals surface area contributed by atoms with Gasteiger partial charge in [-0.3, -0.25) is 14.2 Å². The summed E-state index contributed by atoms with van der Waals surface area (Å²) in [6.45, 7) is 4.63. The summed E-state index contributed by atoms with van der Waals surface area (Å²) >= 11 is 0.